The quantitative estimate of drug-likeness (QED) is 0.0322. The van der Waals surface area contributed by atoms with Crippen molar-refractivity contribution >= 4 is 125 Å². The van der Waals surface area contributed by atoms with E-state index in [-0.39, 0.29) is 36.4 Å². The highest BCUT2D eigenvalue weighted by Gasteiger charge is 2.50. The van der Waals surface area contributed by atoms with Crippen LogP contribution in [-0.2, 0) is 124 Å². The summed E-state index contributed by atoms with van der Waals surface area (Å²) in [6.07, 6.45) is 13.7. The van der Waals surface area contributed by atoms with Crippen molar-refractivity contribution in [3.63, 3.8) is 0 Å². The van der Waals surface area contributed by atoms with E-state index in [1.165, 1.54) is 5.56 Å². The Morgan fingerprint density at radius 1 is 0.558 bits per heavy atom. The van der Waals surface area contributed by atoms with E-state index in [0.717, 1.165) is 237 Å². The van der Waals surface area contributed by atoms with Crippen molar-refractivity contribution < 1.29 is 46.0 Å². The Morgan fingerprint density at radius 2 is 1.06 bits per heavy atom. The van der Waals surface area contributed by atoms with Gasteiger partial charge >= 0.3 is 0 Å². The monoisotopic (exact) mass is 1850 g/mol. The van der Waals surface area contributed by atoms with E-state index in [1.807, 2.05) is 56.4 Å². The lowest BCUT2D eigenvalue weighted by Gasteiger charge is -2.34. The van der Waals surface area contributed by atoms with E-state index < -0.39 is 43.2 Å². The molecular formula is C88H103ClN26O10S4. The Balaban J connectivity index is 0.000000104. The molecule has 3 aliphatic carbocycles. The van der Waals surface area contributed by atoms with E-state index in [0.29, 0.717) is 155 Å². The summed E-state index contributed by atoms with van der Waals surface area (Å²) in [6.45, 7) is 19.9. The number of fused-ring (bicyclic) bond motifs is 10. The van der Waals surface area contributed by atoms with Crippen LogP contribution < -0.4 is 45.8 Å². The zero-order chi connectivity index (χ0) is 88.1. The van der Waals surface area contributed by atoms with Crippen LogP contribution in [0.1, 0.15) is 133 Å². The summed E-state index contributed by atoms with van der Waals surface area (Å²) in [5, 5.41) is 61.5. The number of imidazole rings is 1. The van der Waals surface area contributed by atoms with E-state index in [4.69, 9.17) is 70.3 Å². The average molecular weight is 1850 g/mol. The van der Waals surface area contributed by atoms with Crippen LogP contribution >= 0.6 is 11.6 Å². The summed E-state index contributed by atoms with van der Waals surface area (Å²) in [4.78, 5) is 61.6. The number of aliphatic hydroxyl groups excluding tert-OH is 3. The molecule has 0 spiro atoms. The molecule has 6 fully saturated rings. The van der Waals surface area contributed by atoms with Gasteiger partial charge in [-0.25, -0.2) is 24.9 Å². The molecular weight excluding hydrogens is 1740 g/mol. The maximum atomic E-state index is 12.7. The molecule has 13 aliphatic rings. The molecule has 3 saturated carbocycles. The summed E-state index contributed by atoms with van der Waals surface area (Å²) < 4.78 is 73.9. The molecule has 6 atom stereocenters. The number of piperazine rings is 1. The molecule has 8 aromatic heterocycles. The number of oxazole rings is 1. The smallest absolute Gasteiger partial charge is 0.298 e. The van der Waals surface area contributed by atoms with E-state index in [2.05, 4.69) is 129 Å². The predicted octanol–water partition coefficient (Wildman–Crippen LogP) is 7.55. The van der Waals surface area contributed by atoms with Crippen LogP contribution in [0.5, 0.6) is 0 Å². The Bertz CT molecular complexity index is 6260. The van der Waals surface area contributed by atoms with Crippen LogP contribution in [0.3, 0.4) is 0 Å². The van der Waals surface area contributed by atoms with Gasteiger partial charge in [-0.1, -0.05) is 72.3 Å². The number of aliphatic hydroxyl groups is 3. The lowest BCUT2D eigenvalue weighted by atomic mass is 10.1. The fourth-order valence-corrected chi connectivity index (χ4v) is 23.9. The van der Waals surface area contributed by atoms with Crippen LogP contribution in [0.25, 0.3) is 28.2 Å². The summed E-state index contributed by atoms with van der Waals surface area (Å²) in [7, 11) is -4.34. The Morgan fingerprint density at radius 3 is 1.60 bits per heavy atom. The third kappa shape index (κ3) is 17.1. The molecule has 676 valence electrons. The van der Waals surface area contributed by atoms with Crippen molar-refractivity contribution in [1.29, 1.82) is 0 Å². The Kier molecular flexibility index (Phi) is 23.1. The topological polar surface area (TPSA) is 420 Å². The van der Waals surface area contributed by atoms with Crippen molar-refractivity contribution in [1.82, 2.24) is 83.9 Å². The summed E-state index contributed by atoms with van der Waals surface area (Å²) in [5.41, 5.74) is 9.40. The lowest BCUT2D eigenvalue weighted by molar-refractivity contribution is 0.0903. The normalized spacial score (nSPS) is 22.3. The molecule has 3 saturated heterocycles. The first-order valence-corrected chi connectivity index (χ1v) is 50.3. The maximum absolute atomic E-state index is 12.7. The van der Waals surface area contributed by atoms with Gasteiger partial charge in [0.15, 0.2) is 23.1 Å². The number of ether oxygens (including phenoxy) is 2. The number of aryl methyl sites for hydroxylation is 6. The zero-order valence-electron chi connectivity index (χ0n) is 72.2. The second kappa shape index (κ2) is 34.9. The summed E-state index contributed by atoms with van der Waals surface area (Å²) >= 11 is 6.17. The molecule has 5 unspecified atom stereocenters. The fraction of sp³-hybridized carbons (Fsp3) is 0.500. The largest absolute Gasteiger partial charge is 0.492 e. The first-order chi connectivity index (χ1) is 62.7. The number of benzene rings is 3. The molecule has 36 nitrogen and oxygen atoms in total. The first-order valence-electron chi connectivity index (χ1n) is 44.6. The van der Waals surface area contributed by atoms with E-state index >= 15 is 0 Å². The predicted molar refractivity (Wildman–Crippen MR) is 490 cm³/mol. The summed E-state index contributed by atoms with van der Waals surface area (Å²) in [5.74, 6) is 12.6. The van der Waals surface area contributed by atoms with Crippen LogP contribution in [0, 0.1) is 13.8 Å². The van der Waals surface area contributed by atoms with Gasteiger partial charge in [0.2, 0.25) is 23.8 Å². The van der Waals surface area contributed by atoms with Gasteiger partial charge in [0, 0.05) is 144 Å². The van der Waals surface area contributed by atoms with Gasteiger partial charge in [-0.2, -0.15) is 24.9 Å². The number of nitrogens with zero attached hydrogens (tertiary/aromatic N) is 22. The third-order valence-corrected chi connectivity index (χ3v) is 32.9. The molecule has 7 N–H and O–H groups in total. The van der Waals surface area contributed by atoms with Crippen LogP contribution in [-0.4, -0.2) is 246 Å². The van der Waals surface area contributed by atoms with Gasteiger partial charge in [0.05, 0.1) is 141 Å². The molecule has 2 bridgehead atoms. The molecule has 0 radical (unpaired) electrons. The fourth-order valence-electron chi connectivity index (χ4n) is 18.5. The molecule has 24 rings (SSSR count). The van der Waals surface area contributed by atoms with Gasteiger partial charge < -0.3 is 88.7 Å². The minimum absolute atomic E-state index is 0.0382. The van der Waals surface area contributed by atoms with E-state index in [1.54, 1.807) is 0 Å². The number of hydrogen-bond acceptors (Lipinski definition) is 33. The van der Waals surface area contributed by atoms with Gasteiger partial charge in [-0.05, 0) is 108 Å². The number of hydrogen-bond donors (Lipinski definition) is 7. The number of aromatic nitrogens is 17. The number of rotatable bonds is 22. The van der Waals surface area contributed by atoms with Gasteiger partial charge in [0.1, 0.15) is 71.5 Å². The van der Waals surface area contributed by atoms with E-state index in [9.17, 15) is 32.2 Å². The first kappa shape index (κ1) is 85.2. The minimum Gasteiger partial charge on any atom is -0.492 e. The average Bonchev–Trinajstić information content (AvgIpc) is 1.61. The maximum Gasteiger partial charge on any atom is 0.298 e. The zero-order valence-corrected chi connectivity index (χ0v) is 76.2. The van der Waals surface area contributed by atoms with Crippen LogP contribution in [0.2, 0.25) is 5.02 Å². The van der Waals surface area contributed by atoms with Crippen molar-refractivity contribution in [3.8, 4) is 11.4 Å². The molecule has 18 heterocycles. The second-order valence-corrected chi connectivity index (χ2v) is 42.0. The molecule has 0 amide bonds. The number of para-hydroxylation sites is 2. The number of nitrogens with one attached hydrogen (secondary N) is 4. The molecule has 11 aromatic rings. The van der Waals surface area contributed by atoms with Crippen molar-refractivity contribution in [2.75, 3.05) is 141 Å². The number of anilines is 9. The van der Waals surface area contributed by atoms with Crippen molar-refractivity contribution in [2.45, 2.75) is 204 Å². The Hall–Kier alpha value is -10.6. The molecule has 10 aliphatic heterocycles. The molecule has 41 heteroatoms. The van der Waals surface area contributed by atoms with Crippen LogP contribution in [0.4, 0.5) is 53.1 Å². The lowest BCUT2D eigenvalue weighted by Crippen LogP contribution is -2.47. The van der Waals surface area contributed by atoms with Gasteiger partial charge in [-0.15, -0.1) is 20.4 Å². The third-order valence-electron chi connectivity index (χ3n) is 26.6. The highest BCUT2D eigenvalue weighted by atomic mass is 35.5. The van der Waals surface area contributed by atoms with Gasteiger partial charge in [0.25, 0.3) is 6.01 Å². The SMILES string of the molecule is C=C(OCC)c1cn2c(n1)CN(c1nc3c(c(NC4(CO)CC4)n1)S(=O)CC3)CC2.Cc1cc(Cc2nnc3n2CCN(c2nc4c(c(NC5(CO)CC5)n2)S(=O)CC4)C3)ccc1Cl.Cc1ccc(-c2nnc3n2CCN(c2nc4c(c(NC5(CO)CC5)n2)S(=O)CC4)C3)cc1.O=S1CCc2nc(N3C[C@H]4CC3CN4c3nc4ccccc4o3)nc(NC3CCOCC3)c21. The van der Waals surface area contributed by atoms with Crippen molar-refractivity contribution in [2.24, 2.45) is 0 Å². The highest BCUT2D eigenvalue weighted by Crippen LogP contribution is 2.46. The highest BCUT2D eigenvalue weighted by molar-refractivity contribution is 7.86. The molecule has 129 heavy (non-hydrogen) atoms. The van der Waals surface area contributed by atoms with Crippen LogP contribution in [0.15, 0.2) is 104 Å². The Labute approximate surface area is 759 Å². The summed E-state index contributed by atoms with van der Waals surface area (Å²) in [6, 6.07) is 23.9. The van der Waals surface area contributed by atoms with Crippen molar-refractivity contribution in [3.05, 3.63) is 153 Å². The number of halogens is 1. The molecule has 3 aromatic carbocycles. The van der Waals surface area contributed by atoms with Gasteiger partial charge in [-0.3, -0.25) is 16.8 Å². The standard InChI is InChI=1S/C23H26ClN7O2S.C23H26N6O3S.C22H25N7O2S.C20H26N6O3S/c1-14-10-15(2-3-16(14)24)11-18-28-29-19-12-30(7-8-31(18)19)22-25-17-4-9-34(33)20(17)21(26-22)27-23(13-32)5-6-23;30-33-10-7-18-20(33)21(24-14-5-8-31-9-6-14)27-22(25-18)28-12-16-11-15(28)13-29(16)23-26-17-3-1-2-4-19(17)32-23;1-14-2-4-15(5-3-14)20-27-26-17-12-28(9-10-29(17)20)21-23-16-6-11-32(31)18(16)19(24-21)25-22(13-30)7-8-22;1-3-29-13(2)15-10-25-7-8-26(11-16(25)21-15)19-22-14-4-9-30(28)17(14)18(23-19)24-20(12-27)5-6-20/h2-3,10,32H,4-9,11-13H2,1H3,(H,25,26,27);1-4,14-16H,5-13H2,(H,24,25,27);2-5,30H,6-13H2,1H3,(H,23,24,25);10,27H,2-9,11-12H2,1H3,(H,22,23,24)/t;15?,16-,33?;;/m.1../s1. The second-order valence-electron chi connectivity index (χ2n) is 35.6. The minimum atomic E-state index is -1.11.